The molecule has 0 saturated carbocycles. The van der Waals surface area contributed by atoms with Crippen LogP contribution in [0.15, 0.2) is 85.5 Å². The van der Waals surface area contributed by atoms with Crippen molar-refractivity contribution in [2.24, 2.45) is 0 Å². The first-order valence-electron chi connectivity index (χ1n) is 9.84. The Hall–Kier alpha value is -4.60. The number of benzene rings is 3. The van der Waals surface area contributed by atoms with Gasteiger partial charge in [0.1, 0.15) is 37.4 Å². The molecule has 0 fully saturated rings. The minimum Gasteiger partial charge on any atom is -0.489 e. The third-order valence-corrected chi connectivity index (χ3v) is 4.73. The molecular formula is C22H18N8O2. The smallest absolute Gasteiger partial charge is 0.143 e. The highest BCUT2D eigenvalue weighted by Gasteiger charge is 2.02. The second kappa shape index (κ2) is 9.04. The zero-order valence-electron chi connectivity index (χ0n) is 16.9. The zero-order chi connectivity index (χ0) is 21.6. The van der Waals surface area contributed by atoms with Crippen molar-refractivity contribution in [2.75, 3.05) is 0 Å². The molecule has 10 heteroatoms. The third kappa shape index (κ3) is 4.59. The maximum absolute atomic E-state index is 5.87. The Morgan fingerprint density at radius 1 is 0.531 bits per heavy atom. The van der Waals surface area contributed by atoms with Crippen LogP contribution in [-0.2, 0) is 13.2 Å². The Kier molecular flexibility index (Phi) is 5.47. The van der Waals surface area contributed by atoms with Crippen molar-refractivity contribution in [3.63, 3.8) is 0 Å². The highest BCUT2D eigenvalue weighted by atomic mass is 16.5. The SMILES string of the molecule is c1cc(COc2ccc(-n3cnnn3)cc2)ccc1COc1ccc(-n2cnnn2)cc1. The number of nitrogens with zero attached hydrogens (tertiary/aromatic N) is 8. The van der Waals surface area contributed by atoms with E-state index in [-0.39, 0.29) is 0 Å². The highest BCUT2D eigenvalue weighted by Crippen LogP contribution is 2.18. The molecule has 10 nitrogen and oxygen atoms in total. The predicted molar refractivity (Wildman–Crippen MR) is 113 cm³/mol. The fraction of sp³-hybridized carbons (Fsp3) is 0.0909. The van der Waals surface area contributed by atoms with Gasteiger partial charge in [-0.2, -0.15) is 0 Å². The zero-order valence-corrected chi connectivity index (χ0v) is 16.9. The molecule has 5 rings (SSSR count). The van der Waals surface area contributed by atoms with Gasteiger partial charge in [-0.1, -0.05) is 24.3 Å². The molecule has 0 amide bonds. The standard InChI is InChI=1S/C22H18N8O2/c1-2-18(14-32-22-11-7-20(8-12-22)30-16-24-26-28-30)4-3-17(1)13-31-21-9-5-19(6-10-21)29-15-23-25-27-29/h1-12,15-16H,13-14H2. The number of rotatable bonds is 8. The Bertz CT molecular complexity index is 1140. The molecule has 0 spiro atoms. The minimum atomic E-state index is 0.476. The van der Waals surface area contributed by atoms with Crippen LogP contribution in [0.3, 0.4) is 0 Å². The average Bonchev–Trinajstić information content (AvgIpc) is 3.58. The van der Waals surface area contributed by atoms with Crippen LogP contribution in [0.25, 0.3) is 11.4 Å². The summed E-state index contributed by atoms with van der Waals surface area (Å²) in [6.45, 7) is 0.952. The van der Waals surface area contributed by atoms with E-state index in [1.807, 2.05) is 72.8 Å². The van der Waals surface area contributed by atoms with Crippen LogP contribution in [0.2, 0.25) is 0 Å². The fourth-order valence-corrected chi connectivity index (χ4v) is 3.01. The summed E-state index contributed by atoms with van der Waals surface area (Å²) >= 11 is 0. The van der Waals surface area contributed by atoms with Crippen LogP contribution >= 0.6 is 0 Å². The Balaban J connectivity index is 1.12. The quantitative estimate of drug-likeness (QED) is 0.373. The van der Waals surface area contributed by atoms with Crippen molar-refractivity contribution < 1.29 is 9.47 Å². The van der Waals surface area contributed by atoms with Gasteiger partial charge in [-0.15, -0.1) is 10.2 Å². The number of hydrogen-bond acceptors (Lipinski definition) is 8. The van der Waals surface area contributed by atoms with Gasteiger partial charge >= 0.3 is 0 Å². The van der Waals surface area contributed by atoms with E-state index in [2.05, 4.69) is 31.1 Å². The van der Waals surface area contributed by atoms with E-state index in [0.717, 1.165) is 34.0 Å². The fourth-order valence-electron chi connectivity index (χ4n) is 3.01. The lowest BCUT2D eigenvalue weighted by Crippen LogP contribution is -1.99. The molecule has 0 saturated heterocycles. The van der Waals surface area contributed by atoms with Crippen LogP contribution in [0, 0.1) is 0 Å². The first-order valence-corrected chi connectivity index (χ1v) is 9.84. The maximum atomic E-state index is 5.87. The average molecular weight is 426 g/mol. The summed E-state index contributed by atoms with van der Waals surface area (Å²) in [5.41, 5.74) is 3.89. The molecule has 0 N–H and O–H groups in total. The van der Waals surface area contributed by atoms with Crippen molar-refractivity contribution in [3.05, 3.63) is 96.6 Å². The monoisotopic (exact) mass is 426 g/mol. The second-order valence-corrected chi connectivity index (χ2v) is 6.89. The van der Waals surface area contributed by atoms with Gasteiger partial charge in [0, 0.05) is 0 Å². The highest BCUT2D eigenvalue weighted by molar-refractivity contribution is 5.37. The Labute approximate surface area is 183 Å². The van der Waals surface area contributed by atoms with Gasteiger partial charge in [-0.25, -0.2) is 9.36 Å². The number of aromatic nitrogens is 8. The summed E-state index contributed by atoms with van der Waals surface area (Å²) < 4.78 is 14.9. The van der Waals surface area contributed by atoms with Gasteiger partial charge in [-0.05, 0) is 80.5 Å². The Morgan fingerprint density at radius 3 is 1.28 bits per heavy atom. The van der Waals surface area contributed by atoms with Gasteiger partial charge in [0.25, 0.3) is 0 Å². The van der Waals surface area contributed by atoms with E-state index in [1.165, 1.54) is 0 Å². The summed E-state index contributed by atoms with van der Waals surface area (Å²) in [5, 5.41) is 22.3. The summed E-state index contributed by atoms with van der Waals surface area (Å²) in [7, 11) is 0. The van der Waals surface area contributed by atoms with E-state index in [9.17, 15) is 0 Å². The summed E-state index contributed by atoms with van der Waals surface area (Å²) in [4.78, 5) is 0. The van der Waals surface area contributed by atoms with E-state index in [4.69, 9.17) is 9.47 Å². The summed E-state index contributed by atoms with van der Waals surface area (Å²) in [6.07, 6.45) is 3.10. The summed E-state index contributed by atoms with van der Waals surface area (Å²) in [6, 6.07) is 23.3. The molecule has 158 valence electrons. The molecule has 2 heterocycles. The van der Waals surface area contributed by atoms with Crippen LogP contribution in [0.5, 0.6) is 11.5 Å². The molecule has 3 aromatic carbocycles. The van der Waals surface area contributed by atoms with Crippen molar-refractivity contribution in [1.29, 1.82) is 0 Å². The number of ether oxygens (including phenoxy) is 2. The molecular weight excluding hydrogens is 408 g/mol. The van der Waals surface area contributed by atoms with Crippen LogP contribution in [0.1, 0.15) is 11.1 Å². The summed E-state index contributed by atoms with van der Waals surface area (Å²) in [5.74, 6) is 1.55. The van der Waals surface area contributed by atoms with E-state index in [1.54, 1.807) is 22.0 Å². The van der Waals surface area contributed by atoms with Crippen LogP contribution in [-0.4, -0.2) is 40.4 Å². The van der Waals surface area contributed by atoms with Crippen molar-refractivity contribution in [1.82, 2.24) is 40.4 Å². The van der Waals surface area contributed by atoms with Gasteiger partial charge < -0.3 is 9.47 Å². The van der Waals surface area contributed by atoms with Crippen molar-refractivity contribution in [2.45, 2.75) is 13.2 Å². The van der Waals surface area contributed by atoms with Gasteiger partial charge in [-0.3, -0.25) is 0 Å². The predicted octanol–water partition coefficient (Wildman–Crippen LogP) is 2.80. The lowest BCUT2D eigenvalue weighted by atomic mass is 10.1. The lowest BCUT2D eigenvalue weighted by Gasteiger charge is -2.09. The molecule has 0 aliphatic heterocycles. The topological polar surface area (TPSA) is 106 Å². The van der Waals surface area contributed by atoms with E-state index < -0.39 is 0 Å². The van der Waals surface area contributed by atoms with Crippen LogP contribution in [0.4, 0.5) is 0 Å². The van der Waals surface area contributed by atoms with Crippen molar-refractivity contribution >= 4 is 0 Å². The molecule has 0 bridgehead atoms. The Morgan fingerprint density at radius 2 is 0.938 bits per heavy atom. The first kappa shape index (κ1) is 19.4. The van der Waals surface area contributed by atoms with Gasteiger partial charge in [0.15, 0.2) is 0 Å². The molecule has 0 aliphatic rings. The molecule has 5 aromatic rings. The van der Waals surface area contributed by atoms with E-state index in [0.29, 0.717) is 13.2 Å². The number of tetrazole rings is 2. The maximum Gasteiger partial charge on any atom is 0.143 e. The molecule has 2 aromatic heterocycles. The largest absolute Gasteiger partial charge is 0.489 e. The minimum absolute atomic E-state index is 0.476. The molecule has 0 unspecified atom stereocenters. The lowest BCUT2D eigenvalue weighted by molar-refractivity contribution is 0.302. The molecule has 32 heavy (non-hydrogen) atoms. The van der Waals surface area contributed by atoms with Gasteiger partial charge in [0.05, 0.1) is 11.4 Å². The van der Waals surface area contributed by atoms with Crippen molar-refractivity contribution in [3.8, 4) is 22.9 Å². The van der Waals surface area contributed by atoms with Gasteiger partial charge in [0.2, 0.25) is 0 Å². The second-order valence-electron chi connectivity index (χ2n) is 6.89. The molecule has 0 atom stereocenters. The molecule has 0 radical (unpaired) electrons. The van der Waals surface area contributed by atoms with Crippen LogP contribution < -0.4 is 9.47 Å². The normalized spacial score (nSPS) is 10.8. The molecule has 0 aliphatic carbocycles. The van der Waals surface area contributed by atoms with E-state index >= 15 is 0 Å². The third-order valence-electron chi connectivity index (χ3n) is 4.73. The first-order chi connectivity index (χ1) is 15.8. The number of hydrogen-bond donors (Lipinski definition) is 0.